The van der Waals surface area contributed by atoms with Gasteiger partial charge in [-0.15, -0.1) is 5.10 Å². The molecule has 0 amide bonds. The number of aromatic nitrogens is 5. The molecule has 1 aliphatic carbocycles. The van der Waals surface area contributed by atoms with Crippen molar-refractivity contribution >= 4 is 5.97 Å². The number of hydrogen-bond donors (Lipinski definition) is 0. The minimum Gasteiger partial charge on any atom is -0.494 e. The van der Waals surface area contributed by atoms with Gasteiger partial charge in [0.15, 0.2) is 5.69 Å². The van der Waals surface area contributed by atoms with Gasteiger partial charge in [-0.3, -0.25) is 0 Å². The predicted molar refractivity (Wildman–Crippen MR) is 118 cm³/mol. The number of para-hydroxylation sites is 2. The van der Waals surface area contributed by atoms with Crippen LogP contribution in [0.5, 0.6) is 5.75 Å². The molecule has 9 nitrogen and oxygen atoms in total. The highest BCUT2D eigenvalue weighted by molar-refractivity contribution is 5.86. The molecule has 0 unspecified atom stereocenters. The number of methoxy groups -OCH3 is 2. The molecule has 0 bridgehead atoms. The first-order chi connectivity index (χ1) is 16.1. The lowest BCUT2D eigenvalue weighted by molar-refractivity contribution is 0.0594. The third-order valence-corrected chi connectivity index (χ3v) is 5.82. The lowest BCUT2D eigenvalue weighted by Gasteiger charge is -2.15. The van der Waals surface area contributed by atoms with Crippen LogP contribution in [0.4, 0.5) is 0 Å². The van der Waals surface area contributed by atoms with Gasteiger partial charge in [0.2, 0.25) is 0 Å². The van der Waals surface area contributed by atoms with Gasteiger partial charge in [-0.05, 0) is 30.7 Å². The Labute approximate surface area is 189 Å². The van der Waals surface area contributed by atoms with Gasteiger partial charge < -0.3 is 9.47 Å². The second kappa shape index (κ2) is 8.24. The van der Waals surface area contributed by atoms with Crippen molar-refractivity contribution in [2.24, 2.45) is 0 Å². The molecule has 0 radical (unpaired) electrons. The monoisotopic (exact) mass is 440 g/mol. The molecule has 9 heteroatoms. The summed E-state index contributed by atoms with van der Waals surface area (Å²) < 4.78 is 13.9. The quantitative estimate of drug-likeness (QED) is 0.439. The molecule has 0 saturated heterocycles. The molecule has 0 fully saturated rings. The number of fused-ring (bicyclic) bond motifs is 1. The van der Waals surface area contributed by atoms with Crippen molar-refractivity contribution in [3.63, 3.8) is 0 Å². The summed E-state index contributed by atoms with van der Waals surface area (Å²) in [7, 11) is 2.95. The molecular weight excluding hydrogens is 420 g/mol. The summed E-state index contributed by atoms with van der Waals surface area (Å²) in [5, 5.41) is 22.2. The number of carbonyl (C=O) groups is 1. The lowest BCUT2D eigenvalue weighted by atomic mass is 10.0. The fourth-order valence-electron chi connectivity index (χ4n) is 4.22. The first kappa shape index (κ1) is 20.5. The van der Waals surface area contributed by atoms with Crippen molar-refractivity contribution < 1.29 is 14.3 Å². The molecule has 0 aliphatic heterocycles. The summed E-state index contributed by atoms with van der Waals surface area (Å²) in [4.78, 5) is 11.8. The largest absolute Gasteiger partial charge is 0.494 e. The summed E-state index contributed by atoms with van der Waals surface area (Å²) in [6.45, 7) is 0. The van der Waals surface area contributed by atoms with E-state index in [0.717, 1.165) is 28.2 Å². The third-order valence-electron chi connectivity index (χ3n) is 5.82. The van der Waals surface area contributed by atoms with Crippen LogP contribution < -0.4 is 4.74 Å². The van der Waals surface area contributed by atoms with Crippen LogP contribution in [0.3, 0.4) is 0 Å². The highest BCUT2D eigenvalue weighted by Crippen LogP contribution is 2.39. The van der Waals surface area contributed by atoms with Gasteiger partial charge in [0.05, 0.1) is 49.5 Å². The first-order valence-electron chi connectivity index (χ1n) is 10.4. The normalized spacial score (nSPS) is 14.5. The van der Waals surface area contributed by atoms with Gasteiger partial charge in [0.25, 0.3) is 0 Å². The van der Waals surface area contributed by atoms with Crippen LogP contribution in [-0.4, -0.2) is 45.0 Å². The number of nitrogens with zero attached hydrogens (tertiary/aromatic N) is 6. The summed E-state index contributed by atoms with van der Waals surface area (Å²) >= 11 is 0. The SMILES string of the molecule is COC(=O)c1cn([C@@H]2Cc3nn(-c4ccccc4OC)c(-c4ccc(C#N)cc4)c3C2)nn1. The molecule has 5 rings (SSSR count). The summed E-state index contributed by atoms with van der Waals surface area (Å²) in [5.41, 5.74) is 5.52. The Balaban J connectivity index is 1.59. The Morgan fingerprint density at radius 1 is 1.12 bits per heavy atom. The minimum absolute atomic E-state index is 0.0159. The average Bonchev–Trinajstić information content (AvgIpc) is 3.58. The maximum atomic E-state index is 11.8. The van der Waals surface area contributed by atoms with Gasteiger partial charge >= 0.3 is 5.97 Å². The number of carbonyl (C=O) groups excluding carboxylic acids is 1. The highest BCUT2D eigenvalue weighted by atomic mass is 16.5. The van der Waals surface area contributed by atoms with Crippen LogP contribution in [0, 0.1) is 11.3 Å². The number of ether oxygens (including phenoxy) is 2. The zero-order valence-electron chi connectivity index (χ0n) is 18.1. The lowest BCUT2D eigenvalue weighted by Crippen LogP contribution is -2.12. The second-order valence-corrected chi connectivity index (χ2v) is 7.68. The van der Waals surface area contributed by atoms with Crippen molar-refractivity contribution in [1.29, 1.82) is 5.26 Å². The molecule has 4 aromatic rings. The Kier molecular flexibility index (Phi) is 5.11. The van der Waals surface area contributed by atoms with E-state index in [1.165, 1.54) is 7.11 Å². The molecule has 0 saturated carbocycles. The molecule has 2 heterocycles. The Morgan fingerprint density at radius 2 is 1.91 bits per heavy atom. The fraction of sp³-hybridized carbons (Fsp3) is 0.208. The Morgan fingerprint density at radius 3 is 2.64 bits per heavy atom. The fourth-order valence-corrected chi connectivity index (χ4v) is 4.22. The van der Waals surface area contributed by atoms with Crippen LogP contribution in [0.1, 0.15) is 33.4 Å². The van der Waals surface area contributed by atoms with Crippen molar-refractivity contribution in [2.45, 2.75) is 18.9 Å². The van der Waals surface area contributed by atoms with Gasteiger partial charge in [-0.2, -0.15) is 10.4 Å². The second-order valence-electron chi connectivity index (χ2n) is 7.68. The van der Waals surface area contributed by atoms with E-state index in [-0.39, 0.29) is 11.7 Å². The van der Waals surface area contributed by atoms with E-state index in [2.05, 4.69) is 16.4 Å². The van der Waals surface area contributed by atoms with Gasteiger partial charge in [-0.25, -0.2) is 14.2 Å². The van der Waals surface area contributed by atoms with Crippen LogP contribution in [-0.2, 0) is 17.6 Å². The molecular formula is C24H20N6O3. The van der Waals surface area contributed by atoms with E-state index in [0.29, 0.717) is 24.2 Å². The number of nitriles is 1. The topological polar surface area (TPSA) is 108 Å². The maximum absolute atomic E-state index is 11.8. The van der Waals surface area contributed by atoms with Crippen LogP contribution >= 0.6 is 0 Å². The van der Waals surface area contributed by atoms with E-state index in [9.17, 15) is 10.1 Å². The Bertz CT molecular complexity index is 1380. The van der Waals surface area contributed by atoms with Crippen molar-refractivity contribution in [2.75, 3.05) is 14.2 Å². The van der Waals surface area contributed by atoms with E-state index in [1.807, 2.05) is 41.1 Å². The molecule has 164 valence electrons. The number of hydrogen-bond acceptors (Lipinski definition) is 7. The van der Waals surface area contributed by atoms with E-state index >= 15 is 0 Å². The van der Waals surface area contributed by atoms with Crippen LogP contribution in [0.15, 0.2) is 54.7 Å². The maximum Gasteiger partial charge on any atom is 0.360 e. The van der Waals surface area contributed by atoms with Crippen molar-refractivity contribution in [3.05, 3.63) is 77.2 Å². The molecule has 2 aromatic heterocycles. The van der Waals surface area contributed by atoms with Crippen molar-refractivity contribution in [1.82, 2.24) is 24.8 Å². The molecule has 2 aromatic carbocycles. The molecule has 1 aliphatic rings. The minimum atomic E-state index is -0.517. The molecule has 0 N–H and O–H groups in total. The Hall–Kier alpha value is -4.45. The van der Waals surface area contributed by atoms with Gasteiger partial charge in [0, 0.05) is 17.5 Å². The number of benzene rings is 2. The standard InChI is InChI=1S/C24H20N6O3/c1-32-22-6-4-3-5-21(22)30-23(16-9-7-15(13-25)8-10-16)18-11-17(12-19(18)27-30)29-14-20(26-28-29)24(31)33-2/h3-10,14,17H,11-12H2,1-2H3/t17-/m0/s1. The molecule has 0 spiro atoms. The number of rotatable bonds is 5. The third kappa shape index (κ3) is 3.51. The zero-order valence-corrected chi connectivity index (χ0v) is 18.1. The van der Waals surface area contributed by atoms with E-state index in [4.69, 9.17) is 14.6 Å². The van der Waals surface area contributed by atoms with E-state index < -0.39 is 5.97 Å². The zero-order chi connectivity index (χ0) is 22.9. The summed E-state index contributed by atoms with van der Waals surface area (Å²) in [6.07, 6.45) is 2.92. The van der Waals surface area contributed by atoms with E-state index in [1.54, 1.807) is 30.1 Å². The average molecular weight is 440 g/mol. The summed E-state index contributed by atoms with van der Waals surface area (Å²) in [6, 6.07) is 17.3. The van der Waals surface area contributed by atoms with Crippen molar-refractivity contribution in [3.8, 4) is 28.8 Å². The smallest absolute Gasteiger partial charge is 0.360 e. The first-order valence-corrected chi connectivity index (χ1v) is 10.4. The van der Waals surface area contributed by atoms with Crippen LogP contribution in [0.25, 0.3) is 16.9 Å². The highest BCUT2D eigenvalue weighted by Gasteiger charge is 2.32. The van der Waals surface area contributed by atoms with Gasteiger partial charge in [-0.1, -0.05) is 29.5 Å². The summed E-state index contributed by atoms with van der Waals surface area (Å²) in [5.74, 6) is 0.195. The molecule has 33 heavy (non-hydrogen) atoms. The van der Waals surface area contributed by atoms with Crippen LogP contribution in [0.2, 0.25) is 0 Å². The number of esters is 1. The van der Waals surface area contributed by atoms with Gasteiger partial charge in [0.1, 0.15) is 11.4 Å². The molecule has 1 atom stereocenters. The predicted octanol–water partition coefficient (Wildman–Crippen LogP) is 3.14.